The molecular formula is C33H29BrN2O8S. The highest BCUT2D eigenvalue weighted by Crippen LogP contribution is 2.39. The molecule has 2 heterocycles. The Labute approximate surface area is 270 Å². The van der Waals surface area contributed by atoms with Crippen LogP contribution in [0, 0.1) is 0 Å². The van der Waals surface area contributed by atoms with E-state index in [2.05, 4.69) is 15.9 Å². The van der Waals surface area contributed by atoms with Crippen LogP contribution in [-0.4, -0.2) is 44.4 Å². The number of carbonyl (C=O) groups is 2. The maximum absolute atomic E-state index is 14.2. The number of fused-ring (bicyclic) bond motifs is 1. The minimum absolute atomic E-state index is 0.132. The molecule has 0 saturated carbocycles. The van der Waals surface area contributed by atoms with Crippen molar-refractivity contribution >= 4 is 51.0 Å². The first-order valence-corrected chi connectivity index (χ1v) is 15.4. The van der Waals surface area contributed by atoms with E-state index in [0.29, 0.717) is 53.4 Å². The number of benzene rings is 3. The normalized spacial score (nSPS) is 14.4. The van der Waals surface area contributed by atoms with Crippen molar-refractivity contribution < 1.29 is 33.3 Å². The molecule has 1 atom stereocenters. The summed E-state index contributed by atoms with van der Waals surface area (Å²) >= 11 is 4.62. The molecule has 0 radical (unpaired) electrons. The van der Waals surface area contributed by atoms with E-state index in [4.69, 9.17) is 28.7 Å². The van der Waals surface area contributed by atoms with Crippen molar-refractivity contribution in [1.29, 1.82) is 0 Å². The Hall–Kier alpha value is -4.68. The van der Waals surface area contributed by atoms with Crippen LogP contribution in [-0.2, 0) is 14.3 Å². The molecule has 45 heavy (non-hydrogen) atoms. The zero-order chi connectivity index (χ0) is 32.2. The summed E-state index contributed by atoms with van der Waals surface area (Å²) in [6.45, 7) is 3.15. The van der Waals surface area contributed by atoms with Crippen molar-refractivity contribution in [2.45, 2.75) is 19.9 Å². The predicted octanol–water partition coefficient (Wildman–Crippen LogP) is 4.65. The highest BCUT2D eigenvalue weighted by Gasteiger charge is 2.35. The monoisotopic (exact) mass is 692 g/mol. The first-order chi connectivity index (χ1) is 21.7. The largest absolute Gasteiger partial charge is 0.493 e. The zero-order valence-corrected chi connectivity index (χ0v) is 27.5. The highest BCUT2D eigenvalue weighted by molar-refractivity contribution is 9.10. The number of thiazole rings is 1. The van der Waals surface area contributed by atoms with Crippen LogP contribution >= 0.6 is 27.3 Å². The number of nitrogens with zero attached hydrogens (tertiary/aromatic N) is 2. The predicted molar refractivity (Wildman–Crippen MR) is 173 cm³/mol. The second-order valence-corrected chi connectivity index (χ2v) is 11.5. The fourth-order valence-electron chi connectivity index (χ4n) is 5.00. The van der Waals surface area contributed by atoms with Gasteiger partial charge in [0, 0.05) is 12.5 Å². The molecule has 0 fully saturated rings. The number of ether oxygens (including phenoxy) is 5. The van der Waals surface area contributed by atoms with Crippen LogP contribution in [0.2, 0.25) is 0 Å². The molecule has 0 saturated heterocycles. The van der Waals surface area contributed by atoms with Crippen LogP contribution in [0.4, 0.5) is 0 Å². The van der Waals surface area contributed by atoms with Crippen molar-refractivity contribution in [2.75, 3.05) is 27.9 Å². The van der Waals surface area contributed by atoms with Crippen LogP contribution in [0.25, 0.3) is 11.8 Å². The Balaban J connectivity index is 1.81. The molecule has 1 aromatic heterocycles. The van der Waals surface area contributed by atoms with Crippen molar-refractivity contribution in [2.24, 2.45) is 4.99 Å². The third-order valence-corrected chi connectivity index (χ3v) is 8.46. The number of aromatic nitrogens is 1. The molecule has 0 spiro atoms. The van der Waals surface area contributed by atoms with Gasteiger partial charge in [-0.3, -0.25) is 14.2 Å². The molecule has 0 amide bonds. The van der Waals surface area contributed by atoms with Gasteiger partial charge in [0.1, 0.15) is 0 Å². The third kappa shape index (κ3) is 6.29. The Morgan fingerprint density at radius 2 is 1.69 bits per heavy atom. The summed E-state index contributed by atoms with van der Waals surface area (Å²) in [4.78, 5) is 44.8. The lowest BCUT2D eigenvalue weighted by Crippen LogP contribution is -2.40. The molecule has 12 heteroatoms. The van der Waals surface area contributed by atoms with Crippen LogP contribution in [0.1, 0.15) is 36.6 Å². The average molecular weight is 694 g/mol. The molecule has 0 unspecified atom stereocenters. The lowest BCUT2D eigenvalue weighted by Gasteiger charge is -2.26. The fourth-order valence-corrected chi connectivity index (χ4v) is 6.54. The van der Waals surface area contributed by atoms with Gasteiger partial charge in [-0.05, 0) is 64.3 Å². The third-order valence-electron chi connectivity index (χ3n) is 6.89. The Morgan fingerprint density at radius 3 is 2.33 bits per heavy atom. The molecule has 0 N–H and O–H groups in total. The number of hydrogen-bond acceptors (Lipinski definition) is 10. The molecule has 0 bridgehead atoms. The number of halogens is 1. The lowest BCUT2D eigenvalue weighted by atomic mass is 9.93. The van der Waals surface area contributed by atoms with Gasteiger partial charge in [0.15, 0.2) is 27.8 Å². The van der Waals surface area contributed by atoms with Crippen LogP contribution in [0.5, 0.6) is 23.0 Å². The quantitative estimate of drug-likeness (QED) is 0.184. The fraction of sp³-hybridized carbons (Fsp3) is 0.212. The van der Waals surface area contributed by atoms with E-state index >= 15 is 0 Å². The van der Waals surface area contributed by atoms with Gasteiger partial charge in [-0.1, -0.05) is 47.7 Å². The lowest BCUT2D eigenvalue weighted by molar-refractivity contribution is -0.139. The van der Waals surface area contributed by atoms with Gasteiger partial charge in [0.2, 0.25) is 0 Å². The molecule has 4 aromatic rings. The maximum atomic E-state index is 14.2. The topological polar surface area (TPSA) is 115 Å². The number of methoxy groups -OCH3 is 3. The number of esters is 2. The Morgan fingerprint density at radius 1 is 0.978 bits per heavy atom. The van der Waals surface area contributed by atoms with Crippen molar-refractivity contribution in [1.82, 2.24) is 4.57 Å². The summed E-state index contributed by atoms with van der Waals surface area (Å²) in [6.07, 6.45) is 1.69. The summed E-state index contributed by atoms with van der Waals surface area (Å²) < 4.78 is 29.6. The molecule has 0 aliphatic carbocycles. The van der Waals surface area contributed by atoms with Gasteiger partial charge >= 0.3 is 11.9 Å². The minimum atomic E-state index is -0.898. The van der Waals surface area contributed by atoms with Crippen LogP contribution < -0.4 is 33.8 Å². The van der Waals surface area contributed by atoms with Gasteiger partial charge in [-0.15, -0.1) is 0 Å². The van der Waals surface area contributed by atoms with Crippen molar-refractivity contribution in [3.63, 3.8) is 0 Å². The number of hydrogen-bond donors (Lipinski definition) is 0. The van der Waals surface area contributed by atoms with Gasteiger partial charge in [0.25, 0.3) is 5.56 Å². The molecular weight excluding hydrogens is 664 g/mol. The molecule has 10 nitrogen and oxygen atoms in total. The summed E-state index contributed by atoms with van der Waals surface area (Å²) in [5.41, 5.74) is 2.14. The molecule has 5 rings (SSSR count). The van der Waals surface area contributed by atoms with E-state index in [-0.39, 0.29) is 23.5 Å². The van der Waals surface area contributed by atoms with Crippen molar-refractivity contribution in [3.05, 3.63) is 107 Å². The summed E-state index contributed by atoms with van der Waals surface area (Å²) in [7, 11) is 4.51. The highest BCUT2D eigenvalue weighted by atomic mass is 79.9. The van der Waals surface area contributed by atoms with Crippen molar-refractivity contribution in [3.8, 4) is 23.0 Å². The van der Waals surface area contributed by atoms with Gasteiger partial charge in [0.05, 0.1) is 54.3 Å². The standard InChI is InChI=1S/C33H29BrN2O8S/c1-6-43-32(39)27-28(20-10-8-7-9-11-20)35-33-36(29(27)21-12-13-23(40-3)24(17-21)41-4)31(38)26(45-33)16-19-14-22(34)30(44-18(2)37)25(15-19)42-5/h7-17,29H,6H2,1-5H3/b26-16-/t29-/m0/s1. The van der Waals surface area contributed by atoms with E-state index in [0.717, 1.165) is 0 Å². The van der Waals surface area contributed by atoms with Crippen LogP contribution in [0.3, 0.4) is 0 Å². The van der Waals surface area contributed by atoms with E-state index in [1.165, 1.54) is 44.2 Å². The van der Waals surface area contributed by atoms with E-state index < -0.39 is 18.0 Å². The Kier molecular flexibility index (Phi) is 9.54. The van der Waals surface area contributed by atoms with E-state index in [1.807, 2.05) is 30.3 Å². The van der Waals surface area contributed by atoms with Gasteiger partial charge in [-0.2, -0.15) is 0 Å². The first kappa shape index (κ1) is 31.7. The summed E-state index contributed by atoms with van der Waals surface area (Å²) in [5.74, 6) is 0.362. The van der Waals surface area contributed by atoms with Gasteiger partial charge in [-0.25, -0.2) is 9.79 Å². The molecule has 1 aliphatic heterocycles. The first-order valence-electron chi connectivity index (χ1n) is 13.8. The van der Waals surface area contributed by atoms with E-state index in [1.54, 1.807) is 43.3 Å². The summed E-state index contributed by atoms with van der Waals surface area (Å²) in [6, 6.07) is 17.0. The summed E-state index contributed by atoms with van der Waals surface area (Å²) in [5, 5.41) is 0. The SMILES string of the molecule is CCOC(=O)C1=C(c2ccccc2)N=c2s/c(=C\c3cc(Br)c(OC(C)=O)c(OC)c3)c(=O)n2[C@H]1c1ccc(OC)c(OC)c1. The molecule has 3 aromatic carbocycles. The second kappa shape index (κ2) is 13.5. The minimum Gasteiger partial charge on any atom is -0.493 e. The van der Waals surface area contributed by atoms with Crippen LogP contribution in [0.15, 0.2) is 80.5 Å². The van der Waals surface area contributed by atoms with Gasteiger partial charge < -0.3 is 23.7 Å². The van der Waals surface area contributed by atoms with E-state index in [9.17, 15) is 14.4 Å². The molecule has 232 valence electrons. The second-order valence-electron chi connectivity index (χ2n) is 9.67. The molecule has 1 aliphatic rings. The number of carbonyl (C=O) groups excluding carboxylic acids is 2. The zero-order valence-electron chi connectivity index (χ0n) is 25.1. The number of rotatable bonds is 9. The smallest absolute Gasteiger partial charge is 0.338 e. The average Bonchev–Trinajstić information content (AvgIpc) is 3.35. The Bertz CT molecular complexity index is 2000. The maximum Gasteiger partial charge on any atom is 0.338 e.